The highest BCUT2D eigenvalue weighted by atomic mass is 35.5. The second-order valence-corrected chi connectivity index (χ2v) is 9.70. The molecule has 4 rings (SSSR count). The summed E-state index contributed by atoms with van der Waals surface area (Å²) >= 11 is 5.93. The van der Waals surface area contributed by atoms with Gasteiger partial charge in [0.25, 0.3) is 0 Å². The predicted octanol–water partition coefficient (Wildman–Crippen LogP) is 3.88. The Hall–Kier alpha value is -2.35. The lowest BCUT2D eigenvalue weighted by atomic mass is 9.71. The van der Waals surface area contributed by atoms with Crippen molar-refractivity contribution in [3.63, 3.8) is 0 Å². The highest BCUT2D eigenvalue weighted by molar-refractivity contribution is 6.30. The first-order chi connectivity index (χ1) is 15.3. The van der Waals surface area contributed by atoms with Crippen LogP contribution in [-0.2, 0) is 0 Å². The number of hydrogen-bond donors (Lipinski definition) is 3. The summed E-state index contributed by atoms with van der Waals surface area (Å²) in [6.07, 6.45) is 4.25. The molecular weight excluding hydrogens is 428 g/mol. The molecule has 3 N–H and O–H groups in total. The van der Waals surface area contributed by atoms with Crippen LogP contribution in [0.4, 0.5) is 10.5 Å². The number of nitrogens with one attached hydrogen (secondary N) is 2. The Morgan fingerprint density at radius 1 is 1.28 bits per heavy atom. The third-order valence-electron chi connectivity index (χ3n) is 6.46. The lowest BCUT2D eigenvalue weighted by Gasteiger charge is -2.46. The monoisotopic (exact) mass is 458 g/mol. The smallest absolute Gasteiger partial charge is 0.319 e. The van der Waals surface area contributed by atoms with Gasteiger partial charge in [-0.15, -0.1) is 0 Å². The number of ether oxygens (including phenoxy) is 1. The zero-order chi connectivity index (χ0) is 22.7. The zero-order valence-corrected chi connectivity index (χ0v) is 19.3. The molecule has 1 aliphatic carbocycles. The first-order valence-corrected chi connectivity index (χ1v) is 11.5. The van der Waals surface area contributed by atoms with E-state index in [1.807, 2.05) is 19.1 Å². The zero-order valence-electron chi connectivity index (χ0n) is 18.6. The predicted molar refractivity (Wildman–Crippen MR) is 125 cm³/mol. The summed E-state index contributed by atoms with van der Waals surface area (Å²) in [6, 6.07) is 10.7. The van der Waals surface area contributed by atoms with Crippen LogP contribution in [0.2, 0.25) is 5.02 Å². The number of carbonyl (C=O) groups is 1. The van der Waals surface area contributed by atoms with Gasteiger partial charge in [-0.25, -0.2) is 4.79 Å². The molecule has 2 aliphatic rings. The van der Waals surface area contributed by atoms with Crippen LogP contribution in [0.15, 0.2) is 42.6 Å². The Balaban J connectivity index is 1.43. The van der Waals surface area contributed by atoms with Crippen molar-refractivity contribution in [1.29, 1.82) is 0 Å². The SMILES string of the molecule is COc1ccc(C2CN(CC3CC(C)(O)C3)CCC2NC(=O)Nc2ccc(Cl)cc2)nc1. The van der Waals surface area contributed by atoms with E-state index in [4.69, 9.17) is 16.3 Å². The topological polar surface area (TPSA) is 86.7 Å². The van der Waals surface area contributed by atoms with E-state index in [1.54, 1.807) is 37.6 Å². The maximum absolute atomic E-state index is 12.7. The number of aromatic nitrogens is 1. The summed E-state index contributed by atoms with van der Waals surface area (Å²) in [7, 11) is 1.62. The molecule has 2 aromatic rings. The van der Waals surface area contributed by atoms with Gasteiger partial charge in [0.1, 0.15) is 5.75 Å². The van der Waals surface area contributed by atoms with Gasteiger partial charge < -0.3 is 25.4 Å². The van der Waals surface area contributed by atoms with Crippen molar-refractivity contribution in [2.45, 2.75) is 43.7 Å². The minimum Gasteiger partial charge on any atom is -0.495 e. The lowest BCUT2D eigenvalue weighted by molar-refractivity contribution is -0.0680. The van der Waals surface area contributed by atoms with Crippen molar-refractivity contribution in [3.05, 3.63) is 53.3 Å². The van der Waals surface area contributed by atoms with Gasteiger partial charge in [0.15, 0.2) is 0 Å². The van der Waals surface area contributed by atoms with Gasteiger partial charge >= 0.3 is 6.03 Å². The van der Waals surface area contributed by atoms with Crippen molar-refractivity contribution in [2.24, 2.45) is 5.92 Å². The van der Waals surface area contributed by atoms with Crippen molar-refractivity contribution >= 4 is 23.3 Å². The van der Waals surface area contributed by atoms with Gasteiger partial charge in [-0.05, 0) is 68.5 Å². The third-order valence-corrected chi connectivity index (χ3v) is 6.72. The van der Waals surface area contributed by atoms with Gasteiger partial charge in [-0.3, -0.25) is 4.98 Å². The highest BCUT2D eigenvalue weighted by Gasteiger charge is 2.40. The summed E-state index contributed by atoms with van der Waals surface area (Å²) in [5.74, 6) is 1.29. The van der Waals surface area contributed by atoms with Crippen LogP contribution in [0, 0.1) is 5.92 Å². The molecule has 2 atom stereocenters. The van der Waals surface area contributed by atoms with E-state index in [9.17, 15) is 9.90 Å². The highest BCUT2D eigenvalue weighted by Crippen LogP contribution is 2.38. The van der Waals surface area contributed by atoms with E-state index in [0.717, 1.165) is 44.6 Å². The first-order valence-electron chi connectivity index (χ1n) is 11.1. The normalized spacial score (nSPS) is 27.9. The van der Waals surface area contributed by atoms with E-state index in [-0.39, 0.29) is 18.0 Å². The molecule has 1 aromatic heterocycles. The minimum atomic E-state index is -0.513. The summed E-state index contributed by atoms with van der Waals surface area (Å²) < 4.78 is 5.25. The summed E-state index contributed by atoms with van der Waals surface area (Å²) in [5.41, 5.74) is 1.12. The van der Waals surface area contributed by atoms with Crippen molar-refractivity contribution < 1.29 is 14.6 Å². The third kappa shape index (κ3) is 5.71. The average Bonchev–Trinajstić information content (AvgIpc) is 2.75. The van der Waals surface area contributed by atoms with E-state index in [0.29, 0.717) is 22.4 Å². The Labute approximate surface area is 194 Å². The quantitative estimate of drug-likeness (QED) is 0.611. The largest absolute Gasteiger partial charge is 0.495 e. The molecule has 2 unspecified atom stereocenters. The number of aliphatic hydroxyl groups is 1. The number of piperidine rings is 1. The van der Waals surface area contributed by atoms with Crippen LogP contribution in [0.5, 0.6) is 5.75 Å². The lowest BCUT2D eigenvalue weighted by Crippen LogP contribution is -2.53. The number of carbonyl (C=O) groups excluding carboxylic acids is 1. The summed E-state index contributed by atoms with van der Waals surface area (Å²) in [4.78, 5) is 19.7. The molecule has 0 spiro atoms. The first kappa shape index (κ1) is 22.8. The van der Waals surface area contributed by atoms with Crippen molar-refractivity contribution in [2.75, 3.05) is 32.1 Å². The number of methoxy groups -OCH3 is 1. The molecule has 2 heterocycles. The number of likely N-dealkylation sites (tertiary alicyclic amines) is 1. The molecule has 172 valence electrons. The molecule has 32 heavy (non-hydrogen) atoms. The second-order valence-electron chi connectivity index (χ2n) is 9.26. The number of pyridine rings is 1. The van der Waals surface area contributed by atoms with E-state index in [1.165, 1.54) is 0 Å². The Morgan fingerprint density at radius 2 is 2.03 bits per heavy atom. The molecule has 2 amide bonds. The summed E-state index contributed by atoms with van der Waals surface area (Å²) in [6.45, 7) is 4.58. The maximum Gasteiger partial charge on any atom is 0.319 e. The van der Waals surface area contributed by atoms with E-state index >= 15 is 0 Å². The fourth-order valence-corrected chi connectivity index (χ4v) is 5.06. The van der Waals surface area contributed by atoms with Crippen LogP contribution in [0.25, 0.3) is 0 Å². The molecule has 1 aromatic carbocycles. The number of hydrogen-bond acceptors (Lipinski definition) is 5. The number of rotatable bonds is 6. The molecule has 0 radical (unpaired) electrons. The van der Waals surface area contributed by atoms with Crippen LogP contribution in [0.3, 0.4) is 0 Å². The fraction of sp³-hybridized carbons (Fsp3) is 0.500. The summed E-state index contributed by atoms with van der Waals surface area (Å²) in [5, 5.41) is 16.7. The molecule has 7 nitrogen and oxygen atoms in total. The maximum atomic E-state index is 12.7. The van der Waals surface area contributed by atoms with Gasteiger partial charge in [-0.2, -0.15) is 0 Å². The molecule has 8 heteroatoms. The Kier molecular flexibility index (Phi) is 6.88. The molecule has 1 saturated carbocycles. The number of benzene rings is 1. The second kappa shape index (κ2) is 9.65. The van der Waals surface area contributed by atoms with E-state index in [2.05, 4.69) is 20.5 Å². The average molecular weight is 459 g/mol. The minimum absolute atomic E-state index is 0.0380. The van der Waals surface area contributed by atoms with Crippen molar-refractivity contribution in [1.82, 2.24) is 15.2 Å². The van der Waals surface area contributed by atoms with Crippen LogP contribution in [-0.4, -0.2) is 59.4 Å². The van der Waals surface area contributed by atoms with Gasteiger partial charge in [0.2, 0.25) is 0 Å². The van der Waals surface area contributed by atoms with Gasteiger partial charge in [-0.1, -0.05) is 11.6 Å². The molecule has 1 saturated heterocycles. The van der Waals surface area contributed by atoms with Gasteiger partial charge in [0.05, 0.1) is 18.9 Å². The number of halogens is 1. The molecule has 2 fully saturated rings. The van der Waals surface area contributed by atoms with Crippen LogP contribution in [0.1, 0.15) is 37.8 Å². The Morgan fingerprint density at radius 3 is 2.66 bits per heavy atom. The molecule has 1 aliphatic heterocycles. The van der Waals surface area contributed by atoms with Gasteiger partial charge in [0, 0.05) is 48.0 Å². The molecular formula is C24H31ClN4O3. The number of urea groups is 1. The number of amides is 2. The Bertz CT molecular complexity index is 912. The number of nitrogens with zero attached hydrogens (tertiary/aromatic N) is 2. The molecule has 0 bridgehead atoms. The van der Waals surface area contributed by atoms with Crippen LogP contribution >= 0.6 is 11.6 Å². The number of anilines is 1. The van der Waals surface area contributed by atoms with E-state index < -0.39 is 5.60 Å². The van der Waals surface area contributed by atoms with Crippen LogP contribution < -0.4 is 15.4 Å². The standard InChI is InChI=1S/C24H31ClN4O3/c1-24(31)11-16(12-24)14-29-10-9-22(20(15-29)21-8-7-19(32-2)13-26-21)28-23(30)27-18-5-3-17(25)4-6-18/h3-8,13,16,20,22,31H,9-12,14-15H2,1-2H3,(H2,27,28,30). The fourth-order valence-electron chi connectivity index (χ4n) is 4.94. The van der Waals surface area contributed by atoms with Crippen molar-refractivity contribution in [3.8, 4) is 5.75 Å².